The van der Waals surface area contributed by atoms with Gasteiger partial charge in [-0.05, 0) is 29.9 Å². The largest absolute Gasteiger partial charge is 1.00 e. The predicted molar refractivity (Wildman–Crippen MR) is 103 cm³/mol. The molecule has 2 aliphatic carbocycles. The van der Waals surface area contributed by atoms with Gasteiger partial charge in [0.25, 0.3) is 0 Å². The molecular weight excluding hydrogens is 473 g/mol. The molecule has 2 aromatic rings. The number of fused-ring (bicyclic) bond motifs is 2. The molecule has 0 N–H and O–H groups in total. The second kappa shape index (κ2) is 9.53. The van der Waals surface area contributed by atoms with Crippen molar-refractivity contribution in [1.29, 1.82) is 0 Å². The van der Waals surface area contributed by atoms with E-state index in [9.17, 15) is 0 Å². The van der Waals surface area contributed by atoms with Crippen molar-refractivity contribution in [1.82, 2.24) is 0 Å². The van der Waals surface area contributed by atoms with Gasteiger partial charge in [-0.15, -0.1) is 0 Å². The van der Waals surface area contributed by atoms with Crippen LogP contribution < -0.4 is 24.8 Å². The van der Waals surface area contributed by atoms with E-state index in [1.54, 1.807) is 0 Å². The van der Waals surface area contributed by atoms with E-state index in [1.807, 2.05) is 13.0 Å². The predicted octanol–water partition coefficient (Wildman–Crippen LogP) is 0.257. The maximum atomic E-state index is 5.72. The molecule has 1 aromatic heterocycles. The normalized spacial score (nSPS) is 18.6. The molecule has 1 unspecified atom stereocenters. The van der Waals surface area contributed by atoms with Crippen LogP contribution in [0.2, 0.25) is 0 Å². The first-order chi connectivity index (χ1) is 12.1. The van der Waals surface area contributed by atoms with Crippen molar-refractivity contribution >= 4 is 25.1 Å². The molecule has 1 nitrogen and oxygen atoms in total. The van der Waals surface area contributed by atoms with E-state index in [-0.39, 0.29) is 24.8 Å². The summed E-state index contributed by atoms with van der Waals surface area (Å²) in [5.41, 5.74) is 5.51. The van der Waals surface area contributed by atoms with Gasteiger partial charge in [0.2, 0.25) is 0 Å². The van der Waals surface area contributed by atoms with Crippen molar-refractivity contribution < 1.29 is 54.0 Å². The molecule has 5 rings (SSSR count). The third kappa shape index (κ3) is 4.75. The molecular formula is C22H18Cl2OPZr. The SMILES string of the molecule is CC1=PC2=CC=CC2=C1.Cc1ccc(C2=Cc3ccccc3[CH]2[Zr+2])o1.[Cl-].[Cl-]. The fourth-order valence-corrected chi connectivity index (χ4v) is 5.44. The van der Waals surface area contributed by atoms with Gasteiger partial charge in [0.1, 0.15) is 0 Å². The summed E-state index contributed by atoms with van der Waals surface area (Å²) >= 11 is 1.52. The monoisotopic (exact) mass is 489 g/mol. The summed E-state index contributed by atoms with van der Waals surface area (Å²) in [7, 11) is 1.40. The number of rotatable bonds is 1. The number of aryl methyl sites for hydroxylation is 1. The zero-order chi connectivity index (χ0) is 17.4. The van der Waals surface area contributed by atoms with Gasteiger partial charge in [-0.1, -0.05) is 20.4 Å². The molecule has 1 aliphatic heterocycles. The molecule has 0 amide bonds. The topological polar surface area (TPSA) is 13.1 Å². The van der Waals surface area contributed by atoms with E-state index >= 15 is 0 Å². The maximum absolute atomic E-state index is 5.72. The third-order valence-corrected chi connectivity index (χ3v) is 7.10. The van der Waals surface area contributed by atoms with Crippen molar-refractivity contribution in [3.63, 3.8) is 0 Å². The number of hydrogen-bond donors (Lipinski definition) is 0. The van der Waals surface area contributed by atoms with Gasteiger partial charge < -0.3 is 24.8 Å². The van der Waals surface area contributed by atoms with Gasteiger partial charge in [0, 0.05) is 5.31 Å². The first-order valence-corrected chi connectivity index (χ1v) is 10.7. The van der Waals surface area contributed by atoms with Gasteiger partial charge in [0.15, 0.2) is 0 Å². The molecule has 1 atom stereocenters. The van der Waals surface area contributed by atoms with Crippen LogP contribution in [0.15, 0.2) is 76.0 Å². The third-order valence-electron chi connectivity index (χ3n) is 4.44. The van der Waals surface area contributed by atoms with E-state index in [2.05, 4.69) is 67.6 Å². The quantitative estimate of drug-likeness (QED) is 0.522. The Morgan fingerprint density at radius 2 is 1.78 bits per heavy atom. The van der Waals surface area contributed by atoms with Crippen LogP contribution in [0.5, 0.6) is 0 Å². The number of furan rings is 1. The molecule has 2 heterocycles. The molecule has 0 spiro atoms. The summed E-state index contributed by atoms with van der Waals surface area (Å²) in [5, 5.41) is 2.92. The minimum absolute atomic E-state index is 0. The van der Waals surface area contributed by atoms with E-state index in [0.717, 1.165) is 11.5 Å². The zero-order valence-corrected chi connectivity index (χ0v) is 19.9. The summed E-state index contributed by atoms with van der Waals surface area (Å²) in [6.45, 7) is 4.16. The second-order valence-corrected chi connectivity index (χ2v) is 9.17. The van der Waals surface area contributed by atoms with Crippen LogP contribution in [0.25, 0.3) is 11.6 Å². The van der Waals surface area contributed by atoms with Crippen molar-refractivity contribution in [2.75, 3.05) is 0 Å². The maximum Gasteiger partial charge on any atom is -1.00 e. The Morgan fingerprint density at radius 1 is 1.00 bits per heavy atom. The smallest absolute Gasteiger partial charge is 1.00 e. The summed E-state index contributed by atoms with van der Waals surface area (Å²) < 4.78 is 6.24. The molecule has 0 bridgehead atoms. The average Bonchev–Trinajstić information content (AvgIpc) is 3.33. The number of allylic oxidation sites excluding steroid dienone is 7. The molecule has 0 saturated carbocycles. The molecule has 0 saturated heterocycles. The number of halogens is 2. The van der Waals surface area contributed by atoms with Crippen molar-refractivity contribution in [2.45, 2.75) is 17.5 Å². The first kappa shape index (κ1) is 22.4. The Kier molecular flexibility index (Phi) is 7.90. The summed E-state index contributed by atoms with van der Waals surface area (Å²) in [6, 6.07) is 12.7. The molecule has 0 fully saturated rings. The number of hydrogen-bond acceptors (Lipinski definition) is 1. The standard InChI is InChI=1S/C14H11O.C8H7P.2ClH.Zr/c1-10-6-7-14(15-10)13-8-11-4-2-3-5-12(11)9-13;1-6-5-7-3-2-4-8(7)9-6;;;/h2-9H,1H3;2-5H,1H3;2*1H;/q;;;;+2/p-2. The molecule has 3 aliphatic rings. The van der Waals surface area contributed by atoms with Crippen LogP contribution in [0.1, 0.15) is 33.2 Å². The molecule has 27 heavy (non-hydrogen) atoms. The van der Waals surface area contributed by atoms with Gasteiger partial charge >= 0.3 is 110 Å². The van der Waals surface area contributed by atoms with E-state index in [1.165, 1.54) is 65.8 Å². The van der Waals surface area contributed by atoms with Crippen LogP contribution in [-0.2, 0) is 24.7 Å². The molecule has 135 valence electrons. The van der Waals surface area contributed by atoms with Gasteiger partial charge in [-0.25, -0.2) is 0 Å². The van der Waals surface area contributed by atoms with E-state index in [0.29, 0.717) is 3.63 Å². The minimum Gasteiger partial charge on any atom is -1.00 e. The van der Waals surface area contributed by atoms with Crippen LogP contribution in [0.3, 0.4) is 0 Å². The van der Waals surface area contributed by atoms with E-state index in [4.69, 9.17) is 4.42 Å². The molecule has 1 aromatic carbocycles. The van der Waals surface area contributed by atoms with Crippen LogP contribution in [0, 0.1) is 6.92 Å². The second-order valence-electron chi connectivity index (χ2n) is 6.34. The van der Waals surface area contributed by atoms with Crippen LogP contribution >= 0.6 is 8.20 Å². The molecule has 5 heteroatoms. The van der Waals surface area contributed by atoms with Crippen molar-refractivity contribution in [2.24, 2.45) is 0 Å². The Balaban J connectivity index is 0.000000205. The Labute approximate surface area is 189 Å². The van der Waals surface area contributed by atoms with Crippen LogP contribution in [-0.4, -0.2) is 5.29 Å². The fraction of sp³-hybridized carbons (Fsp3) is 0.136. The van der Waals surface area contributed by atoms with Crippen LogP contribution in [0.4, 0.5) is 0 Å². The Bertz CT molecular complexity index is 995. The summed E-state index contributed by atoms with van der Waals surface area (Å²) in [5.74, 6) is 2.00. The average molecular weight is 491 g/mol. The number of benzene rings is 1. The Morgan fingerprint density at radius 3 is 2.44 bits per heavy atom. The van der Waals surface area contributed by atoms with Gasteiger partial charge in [0.05, 0.1) is 0 Å². The van der Waals surface area contributed by atoms with Gasteiger partial charge in [-0.3, -0.25) is 0 Å². The fourth-order valence-electron chi connectivity index (χ4n) is 3.22. The first-order valence-electron chi connectivity index (χ1n) is 8.36. The summed E-state index contributed by atoms with van der Waals surface area (Å²) in [4.78, 5) is 0. The van der Waals surface area contributed by atoms with Crippen molar-refractivity contribution in [3.05, 3.63) is 94.2 Å². The van der Waals surface area contributed by atoms with Crippen molar-refractivity contribution in [3.8, 4) is 0 Å². The Hall–Kier alpha value is -0.907. The minimum atomic E-state index is 0. The summed E-state index contributed by atoms with van der Waals surface area (Å²) in [6.07, 6.45) is 11.0. The zero-order valence-electron chi connectivity index (χ0n) is 15.0. The molecule has 0 radical (unpaired) electrons. The van der Waals surface area contributed by atoms with Gasteiger partial charge in [-0.2, -0.15) is 0 Å². The van der Waals surface area contributed by atoms with E-state index < -0.39 is 0 Å².